The molecule has 22 heavy (non-hydrogen) atoms. The Kier molecular flexibility index (Phi) is 5.15. The van der Waals surface area contributed by atoms with E-state index in [1.54, 1.807) is 37.3 Å². The van der Waals surface area contributed by atoms with E-state index in [-0.39, 0.29) is 0 Å². The van der Waals surface area contributed by atoms with Crippen LogP contribution in [0.25, 0.3) is 0 Å². The Hall–Kier alpha value is -2.36. The predicted molar refractivity (Wildman–Crippen MR) is 83.9 cm³/mol. The normalized spacial score (nSPS) is 12.4. The quantitative estimate of drug-likeness (QED) is 0.888. The SMILES string of the molecule is CC(NS(=O)(=O)CC#N)c1ccc(Oc2ccccc2)cc1. The highest BCUT2D eigenvalue weighted by molar-refractivity contribution is 7.89. The third-order valence-corrected chi connectivity index (χ3v) is 4.19. The van der Waals surface area contributed by atoms with Crippen molar-refractivity contribution in [3.05, 3.63) is 60.2 Å². The molecule has 0 radical (unpaired) electrons. The van der Waals surface area contributed by atoms with Gasteiger partial charge < -0.3 is 4.74 Å². The molecule has 0 aliphatic carbocycles. The molecule has 2 aromatic carbocycles. The number of hydrogen-bond acceptors (Lipinski definition) is 4. The molecular formula is C16H16N2O3S. The zero-order valence-corrected chi connectivity index (χ0v) is 12.9. The highest BCUT2D eigenvalue weighted by Gasteiger charge is 2.15. The summed E-state index contributed by atoms with van der Waals surface area (Å²) in [5, 5.41) is 8.48. The number of para-hydroxylation sites is 1. The molecule has 0 aliphatic rings. The third-order valence-electron chi connectivity index (χ3n) is 2.97. The second kappa shape index (κ2) is 7.07. The fourth-order valence-corrected chi connectivity index (χ4v) is 2.84. The predicted octanol–water partition coefficient (Wildman–Crippen LogP) is 2.98. The number of rotatable bonds is 6. The molecule has 0 saturated carbocycles. The Bertz CT molecular complexity index is 750. The minimum absolute atomic E-state index is 0.413. The van der Waals surface area contributed by atoms with Crippen molar-refractivity contribution < 1.29 is 13.2 Å². The highest BCUT2D eigenvalue weighted by Crippen LogP contribution is 2.23. The van der Waals surface area contributed by atoms with Crippen LogP contribution in [-0.2, 0) is 10.0 Å². The lowest BCUT2D eigenvalue weighted by Gasteiger charge is -2.14. The van der Waals surface area contributed by atoms with E-state index < -0.39 is 21.8 Å². The van der Waals surface area contributed by atoms with Crippen LogP contribution in [0.15, 0.2) is 54.6 Å². The molecule has 0 saturated heterocycles. The summed E-state index contributed by atoms with van der Waals surface area (Å²) in [6, 6.07) is 17.7. The Labute approximate surface area is 130 Å². The molecule has 1 N–H and O–H groups in total. The zero-order valence-electron chi connectivity index (χ0n) is 12.1. The van der Waals surface area contributed by atoms with E-state index in [1.807, 2.05) is 30.3 Å². The van der Waals surface area contributed by atoms with E-state index in [2.05, 4.69) is 4.72 Å². The standard InChI is InChI=1S/C16H16N2O3S/c1-13(18-22(19,20)12-11-17)14-7-9-16(10-8-14)21-15-5-3-2-4-6-15/h2-10,13,18H,12H2,1H3. The van der Waals surface area contributed by atoms with Crippen molar-refractivity contribution in [1.82, 2.24) is 4.72 Å². The summed E-state index contributed by atoms with van der Waals surface area (Å²) >= 11 is 0. The molecule has 0 aromatic heterocycles. The fraction of sp³-hybridized carbons (Fsp3) is 0.188. The van der Waals surface area contributed by atoms with Crippen LogP contribution in [0.5, 0.6) is 11.5 Å². The van der Waals surface area contributed by atoms with Gasteiger partial charge in [0.2, 0.25) is 10.0 Å². The first-order valence-corrected chi connectivity index (χ1v) is 8.35. The minimum atomic E-state index is -3.58. The van der Waals surface area contributed by atoms with Gasteiger partial charge >= 0.3 is 0 Å². The smallest absolute Gasteiger partial charge is 0.225 e. The average molecular weight is 316 g/mol. The largest absolute Gasteiger partial charge is 0.457 e. The molecular weight excluding hydrogens is 300 g/mol. The van der Waals surface area contributed by atoms with Gasteiger partial charge in [-0.05, 0) is 36.8 Å². The van der Waals surface area contributed by atoms with Gasteiger partial charge in [0.05, 0.1) is 6.07 Å². The molecule has 6 heteroatoms. The van der Waals surface area contributed by atoms with Crippen LogP contribution in [0.2, 0.25) is 0 Å². The van der Waals surface area contributed by atoms with Crippen molar-refractivity contribution in [3.63, 3.8) is 0 Å². The topological polar surface area (TPSA) is 79.2 Å². The number of ether oxygens (including phenoxy) is 1. The summed E-state index contributed by atoms with van der Waals surface area (Å²) < 4.78 is 31.3. The van der Waals surface area contributed by atoms with E-state index in [0.717, 1.165) is 11.3 Å². The van der Waals surface area contributed by atoms with E-state index >= 15 is 0 Å². The molecule has 114 valence electrons. The fourth-order valence-electron chi connectivity index (χ4n) is 1.91. The maximum absolute atomic E-state index is 11.6. The van der Waals surface area contributed by atoms with E-state index in [9.17, 15) is 8.42 Å². The van der Waals surface area contributed by atoms with Crippen molar-refractivity contribution in [2.75, 3.05) is 5.75 Å². The minimum Gasteiger partial charge on any atom is -0.457 e. The second-order valence-electron chi connectivity index (χ2n) is 4.74. The number of sulfonamides is 1. The van der Waals surface area contributed by atoms with E-state index in [1.165, 1.54) is 0 Å². The second-order valence-corrected chi connectivity index (χ2v) is 6.49. The molecule has 5 nitrogen and oxygen atoms in total. The molecule has 0 amide bonds. The van der Waals surface area contributed by atoms with Crippen molar-refractivity contribution in [2.45, 2.75) is 13.0 Å². The first kappa shape index (κ1) is 16.0. The summed E-state index contributed by atoms with van der Waals surface area (Å²) in [6.45, 7) is 1.72. The molecule has 0 heterocycles. The van der Waals surface area contributed by atoms with Crippen molar-refractivity contribution in [1.29, 1.82) is 5.26 Å². The lowest BCUT2D eigenvalue weighted by Crippen LogP contribution is -2.28. The monoisotopic (exact) mass is 316 g/mol. The number of nitrogens with one attached hydrogen (secondary N) is 1. The third kappa shape index (κ3) is 4.58. The van der Waals surface area contributed by atoms with E-state index in [4.69, 9.17) is 10.00 Å². The van der Waals surface area contributed by atoms with Crippen LogP contribution < -0.4 is 9.46 Å². The number of benzene rings is 2. The first-order chi connectivity index (χ1) is 10.5. The Morgan fingerprint density at radius 3 is 2.27 bits per heavy atom. The van der Waals surface area contributed by atoms with Gasteiger partial charge in [0.25, 0.3) is 0 Å². The molecule has 0 bridgehead atoms. The lowest BCUT2D eigenvalue weighted by molar-refractivity contribution is 0.482. The molecule has 1 unspecified atom stereocenters. The maximum atomic E-state index is 11.6. The Morgan fingerprint density at radius 1 is 1.09 bits per heavy atom. The van der Waals surface area contributed by atoms with Crippen molar-refractivity contribution in [3.8, 4) is 17.6 Å². The van der Waals surface area contributed by atoms with Crippen LogP contribution in [0.3, 0.4) is 0 Å². The number of nitriles is 1. The average Bonchev–Trinajstić information content (AvgIpc) is 2.48. The van der Waals surface area contributed by atoms with Crippen molar-refractivity contribution >= 4 is 10.0 Å². The van der Waals surface area contributed by atoms with Crippen LogP contribution >= 0.6 is 0 Å². The first-order valence-electron chi connectivity index (χ1n) is 6.70. The molecule has 2 rings (SSSR count). The number of nitrogens with zero attached hydrogens (tertiary/aromatic N) is 1. The van der Waals surface area contributed by atoms with Gasteiger partial charge in [0.15, 0.2) is 5.75 Å². The van der Waals surface area contributed by atoms with Crippen molar-refractivity contribution in [2.24, 2.45) is 0 Å². The van der Waals surface area contributed by atoms with Crippen LogP contribution in [0.1, 0.15) is 18.5 Å². The van der Waals surface area contributed by atoms with Gasteiger partial charge in [-0.25, -0.2) is 13.1 Å². The van der Waals surface area contributed by atoms with Crippen LogP contribution in [0.4, 0.5) is 0 Å². The summed E-state index contributed by atoms with van der Waals surface area (Å²) in [7, 11) is -3.58. The summed E-state index contributed by atoms with van der Waals surface area (Å²) in [5.41, 5.74) is 0.793. The summed E-state index contributed by atoms with van der Waals surface area (Å²) in [6.07, 6.45) is 0. The summed E-state index contributed by atoms with van der Waals surface area (Å²) in [4.78, 5) is 0. The van der Waals surface area contributed by atoms with Gasteiger partial charge in [-0.15, -0.1) is 0 Å². The van der Waals surface area contributed by atoms with Gasteiger partial charge in [0.1, 0.15) is 11.5 Å². The number of hydrogen-bond donors (Lipinski definition) is 1. The highest BCUT2D eigenvalue weighted by atomic mass is 32.2. The van der Waals surface area contributed by atoms with Gasteiger partial charge in [-0.2, -0.15) is 5.26 Å². The molecule has 0 fully saturated rings. The lowest BCUT2D eigenvalue weighted by atomic mass is 10.1. The summed E-state index contributed by atoms with van der Waals surface area (Å²) in [5.74, 6) is 0.854. The molecule has 0 spiro atoms. The molecule has 1 atom stereocenters. The van der Waals surface area contributed by atoms with Crippen LogP contribution in [0, 0.1) is 11.3 Å². The maximum Gasteiger partial charge on any atom is 0.225 e. The molecule has 2 aromatic rings. The van der Waals surface area contributed by atoms with Crippen LogP contribution in [-0.4, -0.2) is 14.2 Å². The van der Waals surface area contributed by atoms with Gasteiger partial charge in [-0.1, -0.05) is 30.3 Å². The Morgan fingerprint density at radius 2 is 1.68 bits per heavy atom. The molecule has 0 aliphatic heterocycles. The van der Waals surface area contributed by atoms with Gasteiger partial charge in [-0.3, -0.25) is 0 Å². The van der Waals surface area contributed by atoms with E-state index in [0.29, 0.717) is 5.75 Å². The Balaban J connectivity index is 2.04. The van der Waals surface area contributed by atoms with Gasteiger partial charge in [0, 0.05) is 6.04 Å². The zero-order chi connectivity index (χ0) is 16.0.